The van der Waals surface area contributed by atoms with E-state index in [0.717, 1.165) is 10.5 Å². The minimum Gasteiger partial charge on any atom is -0.497 e. The van der Waals surface area contributed by atoms with Gasteiger partial charge in [-0.2, -0.15) is 0 Å². The van der Waals surface area contributed by atoms with E-state index < -0.39 is 27.9 Å². The summed E-state index contributed by atoms with van der Waals surface area (Å²) in [5.41, 5.74) is 3.79. The third-order valence-corrected chi connectivity index (χ3v) is 5.46. The number of hydrazine groups is 1. The van der Waals surface area contributed by atoms with Crippen molar-refractivity contribution in [2.24, 2.45) is 0 Å². The van der Waals surface area contributed by atoms with E-state index in [4.69, 9.17) is 4.74 Å². The summed E-state index contributed by atoms with van der Waals surface area (Å²) in [5, 5.41) is 0. The number of hydrogen-bond donors (Lipinski definition) is 2. The SMILES string of the molecule is COc1ccc(N2C(=O)C[C@@H](NNS(=O)(=O)c3ccc(C)cc3)C2=O)cc1. The van der Waals surface area contributed by atoms with Crippen LogP contribution < -0.4 is 19.9 Å². The summed E-state index contributed by atoms with van der Waals surface area (Å²) >= 11 is 0. The monoisotopic (exact) mass is 389 g/mol. The van der Waals surface area contributed by atoms with Crippen molar-refractivity contribution in [2.45, 2.75) is 24.3 Å². The molecular formula is C18H19N3O5S. The van der Waals surface area contributed by atoms with Crippen molar-refractivity contribution < 1.29 is 22.7 Å². The fourth-order valence-electron chi connectivity index (χ4n) is 2.67. The number of anilines is 1. The van der Waals surface area contributed by atoms with Crippen molar-refractivity contribution >= 4 is 27.5 Å². The lowest BCUT2D eigenvalue weighted by Crippen LogP contribution is -2.48. The number of amides is 2. The van der Waals surface area contributed by atoms with Gasteiger partial charge < -0.3 is 4.74 Å². The lowest BCUT2D eigenvalue weighted by molar-refractivity contribution is -0.121. The van der Waals surface area contributed by atoms with E-state index in [1.807, 2.05) is 6.92 Å². The molecule has 0 unspecified atom stereocenters. The number of imide groups is 1. The highest BCUT2D eigenvalue weighted by molar-refractivity contribution is 7.89. The molecule has 2 N–H and O–H groups in total. The van der Waals surface area contributed by atoms with Crippen LogP contribution in [0, 0.1) is 6.92 Å². The Hall–Kier alpha value is -2.75. The van der Waals surface area contributed by atoms with Gasteiger partial charge in [-0.25, -0.2) is 18.7 Å². The van der Waals surface area contributed by atoms with E-state index >= 15 is 0 Å². The van der Waals surface area contributed by atoms with Crippen LogP contribution in [0.4, 0.5) is 5.69 Å². The average molecular weight is 389 g/mol. The predicted molar refractivity (Wildman–Crippen MR) is 98.5 cm³/mol. The fraction of sp³-hybridized carbons (Fsp3) is 0.222. The zero-order chi connectivity index (χ0) is 19.6. The summed E-state index contributed by atoms with van der Waals surface area (Å²) in [6, 6.07) is 11.7. The molecular weight excluding hydrogens is 370 g/mol. The number of aryl methyl sites for hydroxylation is 1. The van der Waals surface area contributed by atoms with Gasteiger partial charge in [0.15, 0.2) is 0 Å². The van der Waals surface area contributed by atoms with Crippen LogP contribution in [0.1, 0.15) is 12.0 Å². The Morgan fingerprint density at radius 1 is 1.04 bits per heavy atom. The topological polar surface area (TPSA) is 105 Å². The van der Waals surface area contributed by atoms with E-state index in [1.54, 1.807) is 36.4 Å². The largest absolute Gasteiger partial charge is 0.497 e. The first-order chi connectivity index (χ1) is 12.8. The van der Waals surface area contributed by atoms with Gasteiger partial charge in [-0.3, -0.25) is 9.59 Å². The molecule has 1 aliphatic heterocycles. The van der Waals surface area contributed by atoms with Crippen LogP contribution in [-0.2, 0) is 19.6 Å². The summed E-state index contributed by atoms with van der Waals surface area (Å²) < 4.78 is 29.7. The number of rotatable bonds is 6. The van der Waals surface area contributed by atoms with Crippen LogP contribution in [0.3, 0.4) is 0 Å². The first kappa shape index (κ1) is 19.0. The Bertz CT molecular complexity index is 955. The highest BCUT2D eigenvalue weighted by Crippen LogP contribution is 2.25. The predicted octanol–water partition coefficient (Wildman–Crippen LogP) is 1.12. The number of nitrogens with one attached hydrogen (secondary N) is 2. The van der Waals surface area contributed by atoms with E-state index in [1.165, 1.54) is 19.2 Å². The molecule has 9 heteroatoms. The van der Waals surface area contributed by atoms with Crippen LogP contribution >= 0.6 is 0 Å². The molecule has 27 heavy (non-hydrogen) atoms. The van der Waals surface area contributed by atoms with Crippen molar-refractivity contribution in [3.8, 4) is 5.75 Å². The maximum Gasteiger partial charge on any atom is 0.253 e. The molecule has 1 fully saturated rings. The second-order valence-corrected chi connectivity index (χ2v) is 7.77. The maximum absolute atomic E-state index is 12.5. The summed E-state index contributed by atoms with van der Waals surface area (Å²) in [6.07, 6.45) is -0.152. The molecule has 0 radical (unpaired) electrons. The molecule has 8 nitrogen and oxygen atoms in total. The Kier molecular flexibility index (Phi) is 5.26. The Morgan fingerprint density at radius 2 is 1.67 bits per heavy atom. The lowest BCUT2D eigenvalue weighted by Gasteiger charge is -2.16. The van der Waals surface area contributed by atoms with Crippen LogP contribution in [-0.4, -0.2) is 33.4 Å². The molecule has 0 spiro atoms. The number of benzene rings is 2. The van der Waals surface area contributed by atoms with Gasteiger partial charge in [0, 0.05) is 0 Å². The molecule has 3 rings (SSSR count). The standard InChI is InChI=1S/C18H19N3O5S/c1-12-3-9-15(10-4-12)27(24,25)20-19-16-11-17(22)21(18(16)23)13-5-7-14(26-2)8-6-13/h3-10,16,19-20H,11H2,1-2H3/t16-/m1/s1. The molecule has 1 heterocycles. The molecule has 142 valence electrons. The van der Waals surface area contributed by atoms with Gasteiger partial charge in [-0.15, -0.1) is 4.83 Å². The van der Waals surface area contributed by atoms with Crippen LogP contribution in [0.15, 0.2) is 53.4 Å². The van der Waals surface area contributed by atoms with Gasteiger partial charge in [0.1, 0.15) is 11.8 Å². The average Bonchev–Trinajstić information content (AvgIpc) is 2.94. The normalized spacial score (nSPS) is 17.4. The van der Waals surface area contributed by atoms with Crippen molar-refractivity contribution in [3.05, 3.63) is 54.1 Å². The van der Waals surface area contributed by atoms with Crippen molar-refractivity contribution in [1.82, 2.24) is 10.3 Å². The van der Waals surface area contributed by atoms with Gasteiger partial charge in [0.2, 0.25) is 5.91 Å². The molecule has 1 atom stereocenters. The maximum atomic E-state index is 12.5. The molecule has 0 bridgehead atoms. The van der Waals surface area contributed by atoms with E-state index in [0.29, 0.717) is 11.4 Å². The smallest absolute Gasteiger partial charge is 0.253 e. The Labute approximate surface area is 157 Å². The van der Waals surface area contributed by atoms with Gasteiger partial charge in [0.25, 0.3) is 15.9 Å². The molecule has 2 aromatic rings. The number of nitrogens with zero attached hydrogens (tertiary/aromatic N) is 1. The number of methoxy groups -OCH3 is 1. The number of carbonyl (C=O) groups is 2. The van der Waals surface area contributed by atoms with E-state index in [9.17, 15) is 18.0 Å². The zero-order valence-electron chi connectivity index (χ0n) is 14.8. The second kappa shape index (κ2) is 7.47. The molecule has 2 amide bonds. The van der Waals surface area contributed by atoms with Crippen LogP contribution in [0.25, 0.3) is 0 Å². The summed E-state index contributed by atoms with van der Waals surface area (Å²) in [4.78, 5) is 28.0. The second-order valence-electron chi connectivity index (χ2n) is 6.09. The van der Waals surface area contributed by atoms with Crippen molar-refractivity contribution in [3.63, 3.8) is 0 Å². The first-order valence-corrected chi connectivity index (χ1v) is 9.65. The van der Waals surface area contributed by atoms with Crippen LogP contribution in [0.5, 0.6) is 5.75 Å². The molecule has 1 saturated heterocycles. The summed E-state index contributed by atoms with van der Waals surface area (Å²) in [6.45, 7) is 1.85. The van der Waals surface area contributed by atoms with Gasteiger partial charge in [-0.1, -0.05) is 17.7 Å². The highest BCUT2D eigenvalue weighted by atomic mass is 32.2. The molecule has 2 aromatic carbocycles. The molecule has 0 aromatic heterocycles. The Morgan fingerprint density at radius 3 is 2.26 bits per heavy atom. The zero-order valence-corrected chi connectivity index (χ0v) is 15.6. The number of ether oxygens (including phenoxy) is 1. The van der Waals surface area contributed by atoms with E-state index in [-0.39, 0.29) is 11.3 Å². The minimum absolute atomic E-state index is 0.0596. The van der Waals surface area contributed by atoms with Crippen LogP contribution in [0.2, 0.25) is 0 Å². The molecule has 0 saturated carbocycles. The van der Waals surface area contributed by atoms with Gasteiger partial charge in [0.05, 0.1) is 24.1 Å². The summed E-state index contributed by atoms with van der Waals surface area (Å²) in [7, 11) is -2.34. The highest BCUT2D eigenvalue weighted by Gasteiger charge is 2.40. The van der Waals surface area contributed by atoms with Crippen molar-refractivity contribution in [1.29, 1.82) is 0 Å². The lowest BCUT2D eigenvalue weighted by atomic mass is 10.2. The molecule has 1 aliphatic rings. The third-order valence-electron chi connectivity index (χ3n) is 4.18. The first-order valence-electron chi connectivity index (χ1n) is 8.16. The number of carbonyl (C=O) groups excluding carboxylic acids is 2. The summed E-state index contributed by atoms with van der Waals surface area (Å²) in [5.74, 6) is -0.354. The third kappa shape index (κ3) is 4.00. The van der Waals surface area contributed by atoms with Gasteiger partial charge in [-0.05, 0) is 43.3 Å². The number of sulfonamides is 1. The van der Waals surface area contributed by atoms with E-state index in [2.05, 4.69) is 10.3 Å². The number of hydrogen-bond acceptors (Lipinski definition) is 6. The van der Waals surface area contributed by atoms with Gasteiger partial charge >= 0.3 is 0 Å². The Balaban J connectivity index is 1.70. The molecule has 0 aliphatic carbocycles. The quantitative estimate of drug-likeness (QED) is 0.567. The minimum atomic E-state index is -3.86. The fourth-order valence-corrected chi connectivity index (χ4v) is 3.58. The van der Waals surface area contributed by atoms with Crippen molar-refractivity contribution in [2.75, 3.05) is 12.0 Å².